The molecule has 0 radical (unpaired) electrons. The van der Waals surface area contributed by atoms with Crippen molar-refractivity contribution in [2.45, 2.75) is 25.7 Å². The lowest BCUT2D eigenvalue weighted by atomic mass is 9.95. The van der Waals surface area contributed by atoms with Gasteiger partial charge in [0.1, 0.15) is 0 Å². The SMILES string of the molecule is CCOC1(OC)CC(c2ccc(=O)n(Cc3ccccc3)n2)=CC=C1O. The van der Waals surface area contributed by atoms with E-state index in [1.165, 1.54) is 17.9 Å². The van der Waals surface area contributed by atoms with Gasteiger partial charge in [0.2, 0.25) is 5.79 Å². The third-order valence-corrected chi connectivity index (χ3v) is 4.33. The Morgan fingerprint density at radius 1 is 1.19 bits per heavy atom. The van der Waals surface area contributed by atoms with Crippen molar-refractivity contribution in [1.29, 1.82) is 0 Å². The molecule has 1 atom stereocenters. The molecule has 1 aliphatic carbocycles. The number of rotatable bonds is 6. The Balaban J connectivity index is 1.92. The molecule has 1 aromatic carbocycles. The Morgan fingerprint density at radius 2 is 1.96 bits per heavy atom. The summed E-state index contributed by atoms with van der Waals surface area (Å²) < 4.78 is 12.5. The maximum atomic E-state index is 12.2. The molecule has 0 spiro atoms. The Bertz CT molecular complexity index is 886. The van der Waals surface area contributed by atoms with Crippen LogP contribution in [0.2, 0.25) is 0 Å². The molecule has 1 unspecified atom stereocenters. The van der Waals surface area contributed by atoms with Gasteiger partial charge in [0.05, 0.1) is 12.2 Å². The number of aromatic nitrogens is 2. The van der Waals surface area contributed by atoms with Crippen molar-refractivity contribution in [1.82, 2.24) is 9.78 Å². The predicted molar refractivity (Wildman–Crippen MR) is 98.7 cm³/mol. The first-order chi connectivity index (χ1) is 12.6. The van der Waals surface area contributed by atoms with E-state index in [0.29, 0.717) is 25.3 Å². The van der Waals surface area contributed by atoms with Crippen molar-refractivity contribution in [3.63, 3.8) is 0 Å². The molecular weight excluding hydrogens is 332 g/mol. The normalized spacial score (nSPS) is 19.8. The standard InChI is InChI=1S/C20H22N2O4/c1-3-26-20(25-2)13-16(9-11-18(20)23)17-10-12-19(24)22(21-17)14-15-7-5-4-6-8-15/h4-12,23H,3,13-14H2,1-2H3. The van der Waals surface area contributed by atoms with E-state index >= 15 is 0 Å². The molecule has 0 fully saturated rings. The second kappa shape index (κ2) is 7.68. The maximum Gasteiger partial charge on any atom is 0.267 e. The van der Waals surface area contributed by atoms with Gasteiger partial charge in [-0.15, -0.1) is 0 Å². The highest BCUT2D eigenvalue weighted by molar-refractivity contribution is 5.67. The highest BCUT2D eigenvalue weighted by Gasteiger charge is 2.39. The Labute approximate surface area is 152 Å². The number of allylic oxidation sites excluding steroid dienone is 2. The molecule has 0 bridgehead atoms. The molecule has 136 valence electrons. The number of methoxy groups -OCH3 is 1. The predicted octanol–water partition coefficient (Wildman–Crippen LogP) is 2.90. The van der Waals surface area contributed by atoms with E-state index in [9.17, 15) is 9.90 Å². The van der Waals surface area contributed by atoms with Gasteiger partial charge in [0.25, 0.3) is 5.56 Å². The number of aliphatic hydroxyl groups is 1. The first kappa shape index (κ1) is 18.1. The van der Waals surface area contributed by atoms with Gasteiger partial charge in [-0.2, -0.15) is 5.10 Å². The summed E-state index contributed by atoms with van der Waals surface area (Å²) in [6, 6.07) is 12.9. The van der Waals surface area contributed by atoms with Crippen LogP contribution in [0, 0.1) is 0 Å². The topological polar surface area (TPSA) is 73.6 Å². The van der Waals surface area contributed by atoms with Crippen LogP contribution in [0.4, 0.5) is 0 Å². The van der Waals surface area contributed by atoms with Gasteiger partial charge in [-0.1, -0.05) is 36.4 Å². The number of hydrogen-bond donors (Lipinski definition) is 1. The second-order valence-electron chi connectivity index (χ2n) is 6.01. The summed E-state index contributed by atoms with van der Waals surface area (Å²) in [6.45, 7) is 2.62. The molecule has 26 heavy (non-hydrogen) atoms. The van der Waals surface area contributed by atoms with Crippen LogP contribution in [0.15, 0.2) is 65.2 Å². The van der Waals surface area contributed by atoms with Crippen LogP contribution in [0.1, 0.15) is 24.6 Å². The third-order valence-electron chi connectivity index (χ3n) is 4.33. The highest BCUT2D eigenvalue weighted by atomic mass is 16.7. The van der Waals surface area contributed by atoms with Crippen molar-refractivity contribution in [3.8, 4) is 0 Å². The molecule has 3 rings (SSSR count). The minimum Gasteiger partial charge on any atom is -0.507 e. The van der Waals surface area contributed by atoms with Crippen molar-refractivity contribution in [2.75, 3.05) is 13.7 Å². The van der Waals surface area contributed by atoms with Crippen LogP contribution in [-0.4, -0.2) is 34.4 Å². The van der Waals surface area contributed by atoms with Crippen molar-refractivity contribution < 1.29 is 14.6 Å². The van der Waals surface area contributed by atoms with Crippen molar-refractivity contribution >= 4 is 5.57 Å². The molecule has 0 saturated carbocycles. The summed E-state index contributed by atoms with van der Waals surface area (Å²) in [6.07, 6.45) is 3.62. The highest BCUT2D eigenvalue weighted by Crippen LogP contribution is 2.36. The van der Waals surface area contributed by atoms with Crippen LogP contribution in [0.25, 0.3) is 5.57 Å². The molecule has 1 heterocycles. The Hall–Kier alpha value is -2.70. The number of nitrogens with zero attached hydrogens (tertiary/aromatic N) is 2. The van der Waals surface area contributed by atoms with Crippen LogP contribution in [0.3, 0.4) is 0 Å². The molecule has 6 heteroatoms. The van der Waals surface area contributed by atoms with Crippen LogP contribution < -0.4 is 5.56 Å². The minimum absolute atomic E-state index is 0.0169. The molecule has 0 saturated heterocycles. The summed E-state index contributed by atoms with van der Waals surface area (Å²) in [5, 5.41) is 14.7. The molecule has 2 aromatic rings. The average Bonchev–Trinajstić information content (AvgIpc) is 2.66. The lowest BCUT2D eigenvalue weighted by molar-refractivity contribution is -0.207. The largest absolute Gasteiger partial charge is 0.507 e. The molecule has 1 aliphatic rings. The molecule has 1 N–H and O–H groups in total. The van der Waals surface area contributed by atoms with Gasteiger partial charge in [-0.05, 0) is 30.2 Å². The first-order valence-electron chi connectivity index (χ1n) is 8.50. The second-order valence-corrected chi connectivity index (χ2v) is 6.01. The fraction of sp³-hybridized carbons (Fsp3) is 0.300. The molecular formula is C20H22N2O4. The third kappa shape index (κ3) is 3.61. The first-order valence-corrected chi connectivity index (χ1v) is 8.50. The summed E-state index contributed by atoms with van der Waals surface area (Å²) in [7, 11) is 1.49. The van der Waals surface area contributed by atoms with E-state index in [2.05, 4.69) is 5.10 Å². The van der Waals surface area contributed by atoms with Crippen molar-refractivity contribution in [3.05, 3.63) is 82.0 Å². The van der Waals surface area contributed by atoms with Crippen LogP contribution in [0.5, 0.6) is 0 Å². The molecule has 6 nitrogen and oxygen atoms in total. The number of benzene rings is 1. The van der Waals surface area contributed by atoms with E-state index in [0.717, 1.165) is 11.1 Å². The summed E-state index contributed by atoms with van der Waals surface area (Å²) in [4.78, 5) is 12.2. The van der Waals surface area contributed by atoms with E-state index in [4.69, 9.17) is 9.47 Å². The lowest BCUT2D eigenvalue weighted by Gasteiger charge is -2.34. The lowest BCUT2D eigenvalue weighted by Crippen LogP contribution is -2.39. The van der Waals surface area contributed by atoms with Crippen LogP contribution >= 0.6 is 0 Å². The van der Waals surface area contributed by atoms with E-state index in [1.807, 2.05) is 37.3 Å². The summed E-state index contributed by atoms with van der Waals surface area (Å²) in [5.74, 6) is -1.20. The van der Waals surface area contributed by atoms with E-state index < -0.39 is 5.79 Å². The smallest absolute Gasteiger partial charge is 0.267 e. The number of ether oxygens (including phenoxy) is 2. The van der Waals surface area contributed by atoms with Crippen LogP contribution in [-0.2, 0) is 16.0 Å². The number of aliphatic hydroxyl groups excluding tert-OH is 1. The average molecular weight is 354 g/mol. The number of hydrogen-bond acceptors (Lipinski definition) is 5. The molecule has 0 aliphatic heterocycles. The monoisotopic (exact) mass is 354 g/mol. The summed E-state index contributed by atoms with van der Waals surface area (Å²) >= 11 is 0. The Kier molecular flexibility index (Phi) is 5.35. The zero-order valence-corrected chi connectivity index (χ0v) is 14.9. The zero-order valence-electron chi connectivity index (χ0n) is 14.9. The van der Waals surface area contributed by atoms with Gasteiger partial charge in [-0.25, -0.2) is 4.68 Å². The fourth-order valence-electron chi connectivity index (χ4n) is 2.97. The van der Waals surface area contributed by atoms with E-state index in [-0.39, 0.29) is 11.3 Å². The fourth-order valence-corrected chi connectivity index (χ4v) is 2.97. The van der Waals surface area contributed by atoms with Gasteiger partial charge in [0, 0.05) is 26.2 Å². The quantitative estimate of drug-likeness (QED) is 0.808. The molecule has 1 aromatic heterocycles. The zero-order chi connectivity index (χ0) is 18.6. The maximum absolute atomic E-state index is 12.2. The Morgan fingerprint density at radius 3 is 2.65 bits per heavy atom. The van der Waals surface area contributed by atoms with Crippen molar-refractivity contribution in [2.24, 2.45) is 0 Å². The molecule has 0 amide bonds. The minimum atomic E-state index is -1.22. The van der Waals surface area contributed by atoms with E-state index in [1.54, 1.807) is 18.2 Å². The van der Waals surface area contributed by atoms with Gasteiger partial charge in [0.15, 0.2) is 5.76 Å². The van der Waals surface area contributed by atoms with Gasteiger partial charge < -0.3 is 14.6 Å². The van der Waals surface area contributed by atoms with Gasteiger partial charge >= 0.3 is 0 Å². The summed E-state index contributed by atoms with van der Waals surface area (Å²) in [5.41, 5.74) is 2.29. The van der Waals surface area contributed by atoms with Gasteiger partial charge in [-0.3, -0.25) is 4.79 Å².